The summed E-state index contributed by atoms with van der Waals surface area (Å²) < 4.78 is 27.0. The molecule has 0 aliphatic carbocycles. The number of nitrogens with one attached hydrogen (secondary N) is 2. The Morgan fingerprint density at radius 2 is 2.32 bits per heavy atom. The van der Waals surface area contributed by atoms with Crippen LogP contribution in [0.5, 0.6) is 0 Å². The van der Waals surface area contributed by atoms with Crippen molar-refractivity contribution < 1.29 is 8.42 Å². The van der Waals surface area contributed by atoms with Crippen LogP contribution in [0.4, 0.5) is 5.69 Å². The molecule has 1 aromatic rings. The molecule has 1 heterocycles. The van der Waals surface area contributed by atoms with Gasteiger partial charge in [-0.2, -0.15) is 4.72 Å². The molecule has 19 heavy (non-hydrogen) atoms. The first-order valence-electron chi connectivity index (χ1n) is 6.42. The second kappa shape index (κ2) is 5.64. The third-order valence-corrected chi connectivity index (χ3v) is 4.70. The lowest BCUT2D eigenvalue weighted by Gasteiger charge is -2.19. The Kier molecular flexibility index (Phi) is 4.13. The highest BCUT2D eigenvalue weighted by Crippen LogP contribution is 2.24. The van der Waals surface area contributed by atoms with Gasteiger partial charge < -0.3 is 5.32 Å². The summed E-state index contributed by atoms with van der Waals surface area (Å²) in [4.78, 5) is 0.281. The van der Waals surface area contributed by atoms with E-state index in [1.807, 2.05) is 13.0 Å². The summed E-state index contributed by atoms with van der Waals surface area (Å²) in [6.45, 7) is 2.79. The van der Waals surface area contributed by atoms with E-state index in [0.29, 0.717) is 6.42 Å². The van der Waals surface area contributed by atoms with Gasteiger partial charge in [0.05, 0.1) is 10.9 Å². The van der Waals surface area contributed by atoms with Gasteiger partial charge in [-0.15, -0.1) is 6.42 Å². The van der Waals surface area contributed by atoms with E-state index in [1.165, 1.54) is 0 Å². The van der Waals surface area contributed by atoms with Crippen molar-refractivity contribution >= 4 is 15.7 Å². The smallest absolute Gasteiger partial charge is 0.241 e. The summed E-state index contributed by atoms with van der Waals surface area (Å²) in [7, 11) is -3.54. The van der Waals surface area contributed by atoms with E-state index < -0.39 is 16.1 Å². The Bertz CT molecular complexity index is 602. The molecule has 0 saturated heterocycles. The molecule has 5 heteroatoms. The van der Waals surface area contributed by atoms with Crippen LogP contribution in [-0.2, 0) is 16.4 Å². The maximum Gasteiger partial charge on any atom is 0.241 e. The Labute approximate surface area is 114 Å². The fourth-order valence-corrected chi connectivity index (χ4v) is 3.40. The molecule has 1 aliphatic rings. The SMILES string of the molecule is C#CC(CC)NS(=O)(=O)c1ccc2c(c1)CCCN2. The van der Waals surface area contributed by atoms with Gasteiger partial charge in [0.25, 0.3) is 0 Å². The molecule has 0 spiro atoms. The predicted octanol–water partition coefficient (Wildman–Crippen LogP) is 1.73. The van der Waals surface area contributed by atoms with E-state index in [9.17, 15) is 8.42 Å². The normalized spacial score (nSPS) is 16.0. The highest BCUT2D eigenvalue weighted by atomic mass is 32.2. The first-order chi connectivity index (χ1) is 9.06. The number of hydrogen-bond acceptors (Lipinski definition) is 3. The topological polar surface area (TPSA) is 58.2 Å². The zero-order valence-corrected chi connectivity index (χ0v) is 11.8. The second-order valence-electron chi connectivity index (χ2n) is 4.60. The van der Waals surface area contributed by atoms with Crippen molar-refractivity contribution in [3.8, 4) is 12.3 Å². The molecule has 0 amide bonds. The van der Waals surface area contributed by atoms with Gasteiger partial charge in [0.1, 0.15) is 0 Å². The van der Waals surface area contributed by atoms with Crippen LogP contribution in [0.3, 0.4) is 0 Å². The van der Waals surface area contributed by atoms with Gasteiger partial charge in [0, 0.05) is 12.2 Å². The molecule has 0 aromatic heterocycles. The Hall–Kier alpha value is -1.51. The van der Waals surface area contributed by atoms with Gasteiger partial charge in [-0.3, -0.25) is 0 Å². The van der Waals surface area contributed by atoms with Crippen molar-refractivity contribution in [1.29, 1.82) is 0 Å². The molecular formula is C14H18N2O2S. The predicted molar refractivity (Wildman–Crippen MR) is 76.5 cm³/mol. The average Bonchev–Trinajstić information content (AvgIpc) is 2.44. The van der Waals surface area contributed by atoms with Gasteiger partial charge in [-0.25, -0.2) is 8.42 Å². The average molecular weight is 278 g/mol. The first-order valence-corrected chi connectivity index (χ1v) is 7.90. The molecule has 102 valence electrons. The fraction of sp³-hybridized carbons (Fsp3) is 0.429. The number of fused-ring (bicyclic) bond motifs is 1. The lowest BCUT2D eigenvalue weighted by molar-refractivity contribution is 0.570. The van der Waals surface area contributed by atoms with Crippen LogP contribution in [0.15, 0.2) is 23.1 Å². The number of anilines is 1. The van der Waals surface area contributed by atoms with E-state index in [1.54, 1.807) is 12.1 Å². The van der Waals surface area contributed by atoms with Crippen molar-refractivity contribution in [3.05, 3.63) is 23.8 Å². The summed E-state index contributed by atoms with van der Waals surface area (Å²) in [6, 6.07) is 4.70. The van der Waals surface area contributed by atoms with Crippen LogP contribution in [0.2, 0.25) is 0 Å². The van der Waals surface area contributed by atoms with Gasteiger partial charge >= 0.3 is 0 Å². The number of rotatable bonds is 4. The molecule has 0 radical (unpaired) electrons. The lowest BCUT2D eigenvalue weighted by atomic mass is 10.0. The molecule has 1 aliphatic heterocycles. The highest BCUT2D eigenvalue weighted by molar-refractivity contribution is 7.89. The molecule has 2 N–H and O–H groups in total. The molecule has 0 saturated carbocycles. The highest BCUT2D eigenvalue weighted by Gasteiger charge is 2.19. The minimum atomic E-state index is -3.54. The van der Waals surface area contributed by atoms with E-state index in [4.69, 9.17) is 6.42 Å². The summed E-state index contributed by atoms with van der Waals surface area (Å²) >= 11 is 0. The van der Waals surface area contributed by atoms with E-state index in [-0.39, 0.29) is 4.90 Å². The van der Waals surface area contributed by atoms with Crippen LogP contribution in [-0.4, -0.2) is 21.0 Å². The third-order valence-electron chi connectivity index (χ3n) is 3.23. The number of aryl methyl sites for hydroxylation is 1. The van der Waals surface area contributed by atoms with E-state index in [0.717, 1.165) is 30.6 Å². The number of sulfonamides is 1. The Morgan fingerprint density at radius 1 is 1.53 bits per heavy atom. The van der Waals surface area contributed by atoms with Gasteiger partial charge in [0.2, 0.25) is 10.0 Å². The number of benzene rings is 1. The maximum absolute atomic E-state index is 12.2. The standard InChI is InChI=1S/C14H18N2O2S/c1-3-12(4-2)16-19(17,18)13-7-8-14-11(10-13)6-5-9-15-14/h1,7-8,10,12,15-16H,4-6,9H2,2H3. The second-order valence-corrected chi connectivity index (χ2v) is 6.31. The first kappa shape index (κ1) is 13.9. The van der Waals surface area contributed by atoms with Crippen LogP contribution in [0.1, 0.15) is 25.3 Å². The van der Waals surface area contributed by atoms with Crippen molar-refractivity contribution in [2.75, 3.05) is 11.9 Å². The number of hydrogen-bond donors (Lipinski definition) is 2. The van der Waals surface area contributed by atoms with Crippen LogP contribution in [0, 0.1) is 12.3 Å². The van der Waals surface area contributed by atoms with Crippen molar-refractivity contribution in [3.63, 3.8) is 0 Å². The van der Waals surface area contributed by atoms with E-state index >= 15 is 0 Å². The zero-order chi connectivity index (χ0) is 13.9. The monoisotopic (exact) mass is 278 g/mol. The van der Waals surface area contributed by atoms with Crippen LogP contribution >= 0.6 is 0 Å². The molecule has 0 fully saturated rings. The molecule has 1 unspecified atom stereocenters. The molecular weight excluding hydrogens is 260 g/mol. The van der Waals surface area contributed by atoms with Crippen molar-refractivity contribution in [1.82, 2.24) is 4.72 Å². The minimum absolute atomic E-state index is 0.281. The Balaban J connectivity index is 2.28. The van der Waals surface area contributed by atoms with Crippen LogP contribution < -0.4 is 10.0 Å². The summed E-state index contributed by atoms with van der Waals surface area (Å²) in [6.07, 6.45) is 7.78. The molecule has 1 aromatic carbocycles. The van der Waals surface area contributed by atoms with Crippen molar-refractivity contribution in [2.24, 2.45) is 0 Å². The van der Waals surface area contributed by atoms with Crippen molar-refractivity contribution in [2.45, 2.75) is 37.1 Å². The fourth-order valence-electron chi connectivity index (χ4n) is 2.11. The minimum Gasteiger partial charge on any atom is -0.385 e. The molecule has 4 nitrogen and oxygen atoms in total. The Morgan fingerprint density at radius 3 is 3.00 bits per heavy atom. The van der Waals surface area contributed by atoms with E-state index in [2.05, 4.69) is 16.0 Å². The van der Waals surface area contributed by atoms with Gasteiger partial charge in [-0.05, 0) is 43.0 Å². The number of terminal acetylenes is 1. The largest absolute Gasteiger partial charge is 0.385 e. The quantitative estimate of drug-likeness (QED) is 0.825. The molecule has 2 rings (SSSR count). The summed E-state index contributed by atoms with van der Waals surface area (Å²) in [5, 5.41) is 3.26. The molecule has 1 atom stereocenters. The summed E-state index contributed by atoms with van der Waals surface area (Å²) in [5.41, 5.74) is 2.07. The maximum atomic E-state index is 12.2. The summed E-state index contributed by atoms with van der Waals surface area (Å²) in [5.74, 6) is 2.44. The third kappa shape index (κ3) is 3.09. The lowest BCUT2D eigenvalue weighted by Crippen LogP contribution is -2.33. The van der Waals surface area contributed by atoms with Crippen LogP contribution in [0.25, 0.3) is 0 Å². The van der Waals surface area contributed by atoms with Gasteiger partial charge in [0.15, 0.2) is 0 Å². The molecule has 0 bridgehead atoms. The van der Waals surface area contributed by atoms with Gasteiger partial charge in [-0.1, -0.05) is 12.8 Å². The zero-order valence-electron chi connectivity index (χ0n) is 10.9.